The number of hydrogen-bond acceptors (Lipinski definition) is 7. The van der Waals surface area contributed by atoms with E-state index in [1.165, 1.54) is 0 Å². The van der Waals surface area contributed by atoms with Gasteiger partial charge >= 0.3 is 0 Å². The van der Waals surface area contributed by atoms with Gasteiger partial charge in [0.2, 0.25) is 0 Å². The number of hydrazine groups is 1. The quantitative estimate of drug-likeness (QED) is 0.460. The van der Waals surface area contributed by atoms with Gasteiger partial charge in [0.1, 0.15) is 11.3 Å². The minimum Gasteiger partial charge on any atom is -0.378 e. The molecule has 1 saturated heterocycles. The Morgan fingerprint density at radius 1 is 1.33 bits per heavy atom. The Morgan fingerprint density at radius 3 is 2.78 bits per heavy atom. The van der Waals surface area contributed by atoms with Crippen LogP contribution in [0, 0.1) is 0 Å². The molecule has 0 radical (unpaired) electrons. The molecule has 0 aliphatic carbocycles. The van der Waals surface area contributed by atoms with E-state index in [0.29, 0.717) is 35.5 Å². The van der Waals surface area contributed by atoms with Crippen LogP contribution in [0.15, 0.2) is 55.4 Å². The largest absolute Gasteiger partial charge is 0.378 e. The Balaban J connectivity index is 2.05. The van der Waals surface area contributed by atoms with Crippen LogP contribution in [-0.2, 0) is 4.74 Å². The van der Waals surface area contributed by atoms with Crippen LogP contribution in [-0.4, -0.2) is 54.6 Å². The second-order valence-corrected chi connectivity index (χ2v) is 6.05. The average molecular weight is 365 g/mol. The number of fused-ring (bicyclic) bond motifs is 1. The predicted molar refractivity (Wildman–Crippen MR) is 108 cm³/mol. The number of allylic oxidation sites excluding steroid dienone is 3. The maximum absolute atomic E-state index is 11.6. The molecule has 0 spiro atoms. The van der Waals surface area contributed by atoms with Crippen LogP contribution in [0.2, 0.25) is 0 Å². The highest BCUT2D eigenvalue weighted by molar-refractivity contribution is 5.98. The van der Waals surface area contributed by atoms with E-state index in [0.717, 1.165) is 30.9 Å². The first-order chi connectivity index (χ1) is 13.2. The molecular formula is C20H23N5O2. The summed E-state index contributed by atoms with van der Waals surface area (Å²) in [4.78, 5) is 22.9. The maximum atomic E-state index is 11.6. The summed E-state index contributed by atoms with van der Waals surface area (Å²) in [5.74, 6) is 0.840. The number of ether oxygens (including phenoxy) is 1. The molecule has 1 aliphatic rings. The molecule has 0 atom stereocenters. The molecule has 1 aliphatic heterocycles. The van der Waals surface area contributed by atoms with Gasteiger partial charge in [-0.3, -0.25) is 20.2 Å². The number of carbonyl (C=O) groups is 1. The van der Waals surface area contributed by atoms with Crippen molar-refractivity contribution in [1.29, 1.82) is 0 Å². The molecule has 1 N–H and O–H groups in total. The number of aldehydes is 1. The number of anilines is 2. The fraction of sp³-hybridized carbons (Fsp3) is 0.250. The second kappa shape index (κ2) is 8.46. The Labute approximate surface area is 158 Å². The molecule has 3 rings (SSSR count). The molecule has 0 saturated carbocycles. The van der Waals surface area contributed by atoms with Gasteiger partial charge < -0.3 is 9.64 Å². The maximum Gasteiger partial charge on any atom is 0.153 e. The summed E-state index contributed by atoms with van der Waals surface area (Å²) in [5.41, 5.74) is 6.42. The lowest BCUT2D eigenvalue weighted by Gasteiger charge is -2.28. The molecule has 0 bridgehead atoms. The second-order valence-electron chi connectivity index (χ2n) is 6.05. The van der Waals surface area contributed by atoms with Gasteiger partial charge in [-0.15, -0.1) is 0 Å². The van der Waals surface area contributed by atoms with Gasteiger partial charge in [0.05, 0.1) is 35.7 Å². The predicted octanol–water partition coefficient (Wildman–Crippen LogP) is 2.79. The number of carbonyl (C=O) groups excluding carboxylic acids is 1. The normalized spacial score (nSPS) is 14.7. The number of hydrogen-bond donors (Lipinski definition) is 1. The van der Waals surface area contributed by atoms with Gasteiger partial charge in [-0.2, -0.15) is 0 Å². The number of likely N-dealkylation sites (N-methyl/N-ethyl adjacent to an activating group) is 1. The topological polar surface area (TPSA) is 70.6 Å². The molecule has 0 aromatic carbocycles. The Kier molecular flexibility index (Phi) is 5.83. The zero-order valence-electron chi connectivity index (χ0n) is 15.4. The summed E-state index contributed by atoms with van der Waals surface area (Å²) in [6, 6.07) is 3.86. The van der Waals surface area contributed by atoms with Gasteiger partial charge in [-0.1, -0.05) is 19.2 Å². The van der Waals surface area contributed by atoms with Crippen LogP contribution in [0.3, 0.4) is 0 Å². The Bertz CT molecular complexity index is 887. The molecule has 2 aromatic rings. The average Bonchev–Trinajstić information content (AvgIpc) is 2.72. The third-order valence-corrected chi connectivity index (χ3v) is 4.35. The SMILES string of the molecule is C=C/C=C(\C=C)N(C)Nc1c(C=O)cnc2ccc(N3CCOCC3)nc12. The molecule has 0 unspecified atom stereocenters. The monoisotopic (exact) mass is 365 g/mol. The molecule has 7 nitrogen and oxygen atoms in total. The van der Waals surface area contributed by atoms with Crippen molar-refractivity contribution in [1.82, 2.24) is 15.0 Å². The van der Waals surface area contributed by atoms with Crippen molar-refractivity contribution < 1.29 is 9.53 Å². The molecule has 0 amide bonds. The Morgan fingerprint density at radius 2 is 2.11 bits per heavy atom. The van der Waals surface area contributed by atoms with E-state index in [1.54, 1.807) is 23.4 Å². The minimum atomic E-state index is 0.433. The van der Waals surface area contributed by atoms with Gasteiger partial charge in [0.25, 0.3) is 0 Å². The van der Waals surface area contributed by atoms with Crippen molar-refractivity contribution in [3.05, 3.63) is 61.0 Å². The van der Waals surface area contributed by atoms with E-state index in [2.05, 4.69) is 28.5 Å². The lowest BCUT2D eigenvalue weighted by molar-refractivity contribution is 0.112. The van der Waals surface area contributed by atoms with Crippen molar-refractivity contribution in [3.63, 3.8) is 0 Å². The van der Waals surface area contributed by atoms with E-state index < -0.39 is 0 Å². The highest BCUT2D eigenvalue weighted by Gasteiger charge is 2.17. The standard InChI is InChI=1S/C20H23N5O2/c1-4-6-16(5-2)24(3)23-19-15(14-26)13-21-17-7-8-18(22-20(17)19)25-9-11-27-12-10-25/h4-8,13-14H,1-2,9-12H2,3H3,(H,21,23)/b16-6+. The van der Waals surface area contributed by atoms with Crippen LogP contribution >= 0.6 is 0 Å². The molecular weight excluding hydrogens is 342 g/mol. The molecule has 1 fully saturated rings. The van der Waals surface area contributed by atoms with Crippen LogP contribution in [0.1, 0.15) is 10.4 Å². The minimum absolute atomic E-state index is 0.433. The lowest BCUT2D eigenvalue weighted by atomic mass is 10.2. The highest BCUT2D eigenvalue weighted by Crippen LogP contribution is 2.27. The summed E-state index contributed by atoms with van der Waals surface area (Å²) in [5, 5.41) is 1.76. The number of pyridine rings is 2. The summed E-state index contributed by atoms with van der Waals surface area (Å²) in [6.07, 6.45) is 7.51. The van der Waals surface area contributed by atoms with Crippen LogP contribution in [0.4, 0.5) is 11.5 Å². The first kappa shape index (κ1) is 18.6. The van der Waals surface area contributed by atoms with Crippen molar-refractivity contribution in [3.8, 4) is 0 Å². The van der Waals surface area contributed by atoms with Crippen molar-refractivity contribution in [2.24, 2.45) is 0 Å². The molecule has 27 heavy (non-hydrogen) atoms. The molecule has 7 heteroatoms. The molecule has 2 aromatic heterocycles. The summed E-state index contributed by atoms with van der Waals surface area (Å²) in [6.45, 7) is 10.4. The zero-order valence-corrected chi connectivity index (χ0v) is 15.4. The number of rotatable bonds is 7. The van der Waals surface area contributed by atoms with Crippen LogP contribution in [0.25, 0.3) is 11.0 Å². The summed E-state index contributed by atoms with van der Waals surface area (Å²) >= 11 is 0. The number of nitrogens with one attached hydrogen (secondary N) is 1. The fourth-order valence-electron chi connectivity index (χ4n) is 2.92. The molecule has 3 heterocycles. The number of aromatic nitrogens is 2. The van der Waals surface area contributed by atoms with Crippen molar-refractivity contribution in [2.45, 2.75) is 0 Å². The van der Waals surface area contributed by atoms with E-state index in [1.807, 2.05) is 25.3 Å². The van der Waals surface area contributed by atoms with E-state index in [9.17, 15) is 4.79 Å². The number of nitrogens with zero attached hydrogens (tertiary/aromatic N) is 4. The van der Waals surface area contributed by atoms with Gasteiger partial charge in [0, 0.05) is 26.3 Å². The van der Waals surface area contributed by atoms with Crippen LogP contribution in [0.5, 0.6) is 0 Å². The van der Waals surface area contributed by atoms with E-state index in [-0.39, 0.29) is 0 Å². The van der Waals surface area contributed by atoms with Gasteiger partial charge in [0.15, 0.2) is 6.29 Å². The zero-order chi connectivity index (χ0) is 19.2. The lowest BCUT2D eigenvalue weighted by Crippen LogP contribution is -2.36. The van der Waals surface area contributed by atoms with Crippen molar-refractivity contribution in [2.75, 3.05) is 43.7 Å². The third kappa shape index (κ3) is 3.98. The summed E-state index contributed by atoms with van der Waals surface area (Å²) < 4.78 is 5.41. The third-order valence-electron chi connectivity index (χ3n) is 4.35. The summed E-state index contributed by atoms with van der Waals surface area (Å²) in [7, 11) is 1.84. The smallest absolute Gasteiger partial charge is 0.153 e. The highest BCUT2D eigenvalue weighted by atomic mass is 16.5. The van der Waals surface area contributed by atoms with Gasteiger partial charge in [-0.25, -0.2) is 4.98 Å². The Hall–Kier alpha value is -3.19. The first-order valence-corrected chi connectivity index (χ1v) is 8.71. The van der Waals surface area contributed by atoms with Crippen LogP contribution < -0.4 is 10.3 Å². The molecule has 140 valence electrons. The van der Waals surface area contributed by atoms with Gasteiger partial charge in [-0.05, 0) is 24.3 Å². The fourth-order valence-corrected chi connectivity index (χ4v) is 2.92. The number of morpholine rings is 1. The van der Waals surface area contributed by atoms with E-state index in [4.69, 9.17) is 9.72 Å². The van der Waals surface area contributed by atoms with E-state index >= 15 is 0 Å². The van der Waals surface area contributed by atoms with Crippen molar-refractivity contribution >= 4 is 28.8 Å². The first-order valence-electron chi connectivity index (χ1n) is 8.71.